The van der Waals surface area contributed by atoms with Crippen LogP contribution in [0.25, 0.3) is 0 Å². The standard InChI is InChI=1S/C28H37N5O5/c1-5-23(25(35)27(37)29-17-21-12-9-13-22(15-21)31-19(4)34)32-26(36)24(14-18(2)3)33-28(38)30-16-20-10-7-6-8-11-20/h6-13,15,18,23-24H,5,14,16-17H2,1-4H3,(H,29,37)(H,31,34)(H,32,36)(H2,30,33,38)/t23?,24-/m0/s1. The van der Waals surface area contributed by atoms with Crippen LogP contribution in [0.5, 0.6) is 0 Å². The molecule has 38 heavy (non-hydrogen) atoms. The second kappa shape index (κ2) is 15.1. The van der Waals surface area contributed by atoms with Crippen LogP contribution in [0.15, 0.2) is 54.6 Å². The number of benzene rings is 2. The first-order valence-corrected chi connectivity index (χ1v) is 12.7. The molecule has 5 amide bonds. The van der Waals surface area contributed by atoms with Crippen LogP contribution >= 0.6 is 0 Å². The molecule has 0 spiro atoms. The topological polar surface area (TPSA) is 146 Å². The number of urea groups is 1. The maximum atomic E-state index is 13.0. The van der Waals surface area contributed by atoms with Crippen LogP contribution in [0.4, 0.5) is 10.5 Å². The summed E-state index contributed by atoms with van der Waals surface area (Å²) in [5.41, 5.74) is 2.18. The SMILES string of the molecule is CCC(NC(=O)[C@H](CC(C)C)NC(=O)NCc1ccccc1)C(=O)C(=O)NCc1cccc(NC(C)=O)c1. The number of hydrogen-bond donors (Lipinski definition) is 5. The van der Waals surface area contributed by atoms with E-state index in [1.54, 1.807) is 31.2 Å². The van der Waals surface area contributed by atoms with E-state index in [1.165, 1.54) is 6.92 Å². The van der Waals surface area contributed by atoms with E-state index in [4.69, 9.17) is 0 Å². The minimum atomic E-state index is -1.04. The van der Waals surface area contributed by atoms with E-state index < -0.39 is 35.7 Å². The number of carbonyl (C=O) groups excluding carboxylic acids is 5. The fourth-order valence-corrected chi connectivity index (χ4v) is 3.71. The van der Waals surface area contributed by atoms with Crippen molar-refractivity contribution in [2.24, 2.45) is 5.92 Å². The van der Waals surface area contributed by atoms with Crippen molar-refractivity contribution < 1.29 is 24.0 Å². The van der Waals surface area contributed by atoms with E-state index in [0.717, 1.165) is 5.56 Å². The molecule has 0 aliphatic rings. The molecule has 1 unspecified atom stereocenters. The van der Waals surface area contributed by atoms with Gasteiger partial charge in [-0.05, 0) is 42.0 Å². The van der Waals surface area contributed by atoms with Crippen LogP contribution in [0.2, 0.25) is 0 Å². The van der Waals surface area contributed by atoms with Crippen molar-refractivity contribution in [3.8, 4) is 0 Å². The first kappa shape index (κ1) is 30.0. The van der Waals surface area contributed by atoms with Crippen molar-refractivity contribution in [3.63, 3.8) is 0 Å². The van der Waals surface area contributed by atoms with E-state index >= 15 is 0 Å². The van der Waals surface area contributed by atoms with Gasteiger partial charge >= 0.3 is 6.03 Å². The van der Waals surface area contributed by atoms with Gasteiger partial charge in [-0.1, -0.05) is 63.2 Å². The second-order valence-corrected chi connectivity index (χ2v) is 9.39. The summed E-state index contributed by atoms with van der Waals surface area (Å²) < 4.78 is 0. The van der Waals surface area contributed by atoms with Crippen LogP contribution in [0.1, 0.15) is 51.7 Å². The highest BCUT2D eigenvalue weighted by Gasteiger charge is 2.29. The summed E-state index contributed by atoms with van der Waals surface area (Å²) in [7, 11) is 0. The normalized spacial score (nSPS) is 12.1. The predicted octanol–water partition coefficient (Wildman–Crippen LogP) is 2.64. The van der Waals surface area contributed by atoms with Gasteiger partial charge in [0.25, 0.3) is 5.91 Å². The van der Waals surface area contributed by atoms with E-state index in [2.05, 4.69) is 26.6 Å². The summed E-state index contributed by atoms with van der Waals surface area (Å²) in [6, 6.07) is 13.8. The molecule has 5 N–H and O–H groups in total. The Hall–Kier alpha value is -4.21. The molecule has 0 fully saturated rings. The van der Waals surface area contributed by atoms with Gasteiger partial charge < -0.3 is 26.6 Å². The van der Waals surface area contributed by atoms with Crippen LogP contribution in [-0.4, -0.2) is 41.6 Å². The Kier molecular flexibility index (Phi) is 12.0. The first-order valence-electron chi connectivity index (χ1n) is 12.7. The van der Waals surface area contributed by atoms with Crippen molar-refractivity contribution in [1.29, 1.82) is 0 Å². The van der Waals surface area contributed by atoms with Crippen molar-refractivity contribution in [2.45, 2.75) is 65.7 Å². The molecular formula is C28H37N5O5. The van der Waals surface area contributed by atoms with Gasteiger partial charge in [0.1, 0.15) is 6.04 Å². The van der Waals surface area contributed by atoms with Crippen LogP contribution in [0, 0.1) is 5.92 Å². The highest BCUT2D eigenvalue weighted by Crippen LogP contribution is 2.11. The molecule has 0 saturated carbocycles. The van der Waals surface area contributed by atoms with Crippen molar-refractivity contribution >= 4 is 35.2 Å². The second-order valence-electron chi connectivity index (χ2n) is 9.39. The minimum absolute atomic E-state index is 0.0709. The molecule has 204 valence electrons. The Morgan fingerprint density at radius 1 is 0.789 bits per heavy atom. The molecule has 0 aromatic heterocycles. The molecule has 2 atom stereocenters. The minimum Gasteiger partial charge on any atom is -0.345 e. The van der Waals surface area contributed by atoms with Gasteiger partial charge in [0, 0.05) is 25.7 Å². The average Bonchev–Trinajstić information content (AvgIpc) is 2.88. The molecule has 2 aromatic rings. The molecule has 0 heterocycles. The Bertz CT molecular complexity index is 1120. The number of anilines is 1. The lowest BCUT2D eigenvalue weighted by atomic mass is 10.0. The Morgan fingerprint density at radius 2 is 1.45 bits per heavy atom. The van der Waals surface area contributed by atoms with Crippen LogP contribution in [0.3, 0.4) is 0 Å². The molecule has 2 aromatic carbocycles. The summed E-state index contributed by atoms with van der Waals surface area (Å²) in [6.07, 6.45) is 0.552. The molecule has 0 saturated heterocycles. The smallest absolute Gasteiger partial charge is 0.315 e. The maximum absolute atomic E-state index is 13.0. The van der Waals surface area contributed by atoms with Gasteiger partial charge in [0.15, 0.2) is 0 Å². The molecule has 0 radical (unpaired) electrons. The third kappa shape index (κ3) is 10.4. The van der Waals surface area contributed by atoms with Gasteiger partial charge in [0.2, 0.25) is 17.6 Å². The van der Waals surface area contributed by atoms with Crippen molar-refractivity contribution in [2.75, 3.05) is 5.32 Å². The van der Waals surface area contributed by atoms with E-state index in [-0.39, 0.29) is 24.8 Å². The van der Waals surface area contributed by atoms with Crippen LogP contribution in [-0.2, 0) is 32.3 Å². The summed E-state index contributed by atoms with van der Waals surface area (Å²) in [4.78, 5) is 62.1. The Morgan fingerprint density at radius 3 is 2.08 bits per heavy atom. The zero-order valence-electron chi connectivity index (χ0n) is 22.3. The summed E-state index contributed by atoms with van der Waals surface area (Å²) in [5, 5.41) is 13.2. The number of rotatable bonds is 13. The molecule has 0 bridgehead atoms. The number of hydrogen-bond acceptors (Lipinski definition) is 5. The zero-order chi connectivity index (χ0) is 28.1. The number of Topliss-reactive ketones (excluding diaryl/α,β-unsaturated/α-hetero) is 1. The first-order chi connectivity index (χ1) is 18.1. The van der Waals surface area contributed by atoms with E-state index in [9.17, 15) is 24.0 Å². The fourth-order valence-electron chi connectivity index (χ4n) is 3.71. The molecule has 10 heteroatoms. The van der Waals surface area contributed by atoms with Gasteiger partial charge in [-0.15, -0.1) is 0 Å². The summed E-state index contributed by atoms with van der Waals surface area (Å²) in [5.74, 6) is -2.29. The quantitative estimate of drug-likeness (QED) is 0.256. The van der Waals surface area contributed by atoms with Crippen molar-refractivity contribution in [3.05, 3.63) is 65.7 Å². The van der Waals surface area contributed by atoms with Gasteiger partial charge in [-0.3, -0.25) is 19.2 Å². The van der Waals surface area contributed by atoms with E-state index in [0.29, 0.717) is 24.2 Å². The maximum Gasteiger partial charge on any atom is 0.315 e. The number of nitrogens with one attached hydrogen (secondary N) is 5. The molecular weight excluding hydrogens is 486 g/mol. The lowest BCUT2D eigenvalue weighted by Crippen LogP contribution is -2.55. The summed E-state index contributed by atoms with van der Waals surface area (Å²) >= 11 is 0. The van der Waals surface area contributed by atoms with Gasteiger partial charge in [-0.2, -0.15) is 0 Å². The van der Waals surface area contributed by atoms with Gasteiger partial charge in [0.05, 0.1) is 6.04 Å². The lowest BCUT2D eigenvalue weighted by molar-refractivity contribution is -0.140. The van der Waals surface area contributed by atoms with E-state index in [1.807, 2.05) is 44.2 Å². The predicted molar refractivity (Wildman–Crippen MR) is 145 cm³/mol. The molecule has 2 rings (SSSR count). The van der Waals surface area contributed by atoms with Crippen LogP contribution < -0.4 is 26.6 Å². The lowest BCUT2D eigenvalue weighted by Gasteiger charge is -2.23. The van der Waals surface area contributed by atoms with Crippen molar-refractivity contribution in [1.82, 2.24) is 21.3 Å². The zero-order valence-corrected chi connectivity index (χ0v) is 22.3. The number of amides is 5. The monoisotopic (exact) mass is 523 g/mol. The fraction of sp³-hybridized carbons (Fsp3) is 0.393. The third-order valence-corrected chi connectivity index (χ3v) is 5.59. The highest BCUT2D eigenvalue weighted by molar-refractivity contribution is 6.38. The highest BCUT2D eigenvalue weighted by atomic mass is 16.2. The molecule has 0 aliphatic heterocycles. The molecule has 0 aliphatic carbocycles. The summed E-state index contributed by atoms with van der Waals surface area (Å²) in [6.45, 7) is 7.28. The number of ketones is 1. The average molecular weight is 524 g/mol. The molecule has 10 nitrogen and oxygen atoms in total. The largest absolute Gasteiger partial charge is 0.345 e. The number of carbonyl (C=O) groups is 5. The van der Waals surface area contributed by atoms with Gasteiger partial charge in [-0.25, -0.2) is 4.79 Å². The Labute approximate surface area is 223 Å². The third-order valence-electron chi connectivity index (χ3n) is 5.59. The Balaban J connectivity index is 1.95.